The molecule has 0 aliphatic rings. The second kappa shape index (κ2) is 8.64. The van der Waals surface area contributed by atoms with Crippen molar-refractivity contribution in [3.63, 3.8) is 0 Å². The van der Waals surface area contributed by atoms with Gasteiger partial charge in [-0.3, -0.25) is 9.59 Å². The summed E-state index contributed by atoms with van der Waals surface area (Å²) in [4.78, 5) is 25.1. The van der Waals surface area contributed by atoms with Crippen LogP contribution >= 0.6 is 11.6 Å². The number of aliphatic hydroxyl groups is 1. The van der Waals surface area contributed by atoms with Crippen molar-refractivity contribution in [2.24, 2.45) is 0 Å². The lowest BCUT2D eigenvalue weighted by Gasteiger charge is -2.23. The average molecular weight is 313 g/mol. The summed E-state index contributed by atoms with van der Waals surface area (Å²) in [7, 11) is 1.66. The molecule has 2 amide bonds. The van der Waals surface area contributed by atoms with Crippen LogP contribution in [0.2, 0.25) is 5.02 Å². The van der Waals surface area contributed by atoms with Crippen molar-refractivity contribution in [2.75, 3.05) is 20.2 Å². The number of halogens is 1. The largest absolute Gasteiger partial charge is 0.394 e. The fourth-order valence-corrected chi connectivity index (χ4v) is 1.82. The van der Waals surface area contributed by atoms with Crippen molar-refractivity contribution in [3.8, 4) is 0 Å². The van der Waals surface area contributed by atoms with E-state index in [2.05, 4.69) is 5.32 Å². The first-order valence-corrected chi connectivity index (χ1v) is 7.23. The summed E-state index contributed by atoms with van der Waals surface area (Å²) in [5, 5.41) is 12.3. The number of carbonyl (C=O) groups excluding carboxylic acids is 2. The lowest BCUT2D eigenvalue weighted by atomic mass is 10.2. The fraction of sp³-hybridized carbons (Fsp3) is 0.467. The quantitative estimate of drug-likeness (QED) is 0.753. The molecule has 0 bridgehead atoms. The maximum atomic E-state index is 11.8. The Bertz CT molecular complexity index is 476. The Kier molecular flexibility index (Phi) is 7.19. The summed E-state index contributed by atoms with van der Waals surface area (Å²) < 4.78 is 0. The van der Waals surface area contributed by atoms with Crippen LogP contribution in [0, 0.1) is 0 Å². The smallest absolute Gasteiger partial charge is 0.251 e. The maximum absolute atomic E-state index is 11.8. The average Bonchev–Trinajstić information content (AvgIpc) is 2.50. The molecular formula is C15H21ClN2O3. The van der Waals surface area contributed by atoms with E-state index in [1.165, 1.54) is 4.90 Å². The molecule has 0 saturated carbocycles. The standard InChI is InChI=1S/C15H21ClN2O3/c1-11(10-19)18(2)14(20)4-3-9-17-15(21)12-5-7-13(16)8-6-12/h5-8,11,19H,3-4,9-10H2,1-2H3,(H,17,21). The molecule has 116 valence electrons. The molecule has 0 aliphatic heterocycles. The van der Waals surface area contributed by atoms with Crippen molar-refractivity contribution in [2.45, 2.75) is 25.8 Å². The molecule has 1 unspecified atom stereocenters. The third kappa shape index (κ3) is 5.73. The normalized spacial score (nSPS) is 11.8. The zero-order valence-corrected chi connectivity index (χ0v) is 13.1. The van der Waals surface area contributed by atoms with Gasteiger partial charge < -0.3 is 15.3 Å². The molecule has 1 aromatic rings. The van der Waals surface area contributed by atoms with Gasteiger partial charge in [-0.2, -0.15) is 0 Å². The number of hydrogen-bond acceptors (Lipinski definition) is 3. The molecule has 5 nitrogen and oxygen atoms in total. The highest BCUT2D eigenvalue weighted by Crippen LogP contribution is 2.09. The van der Waals surface area contributed by atoms with E-state index in [-0.39, 0.29) is 24.5 Å². The molecule has 1 rings (SSSR count). The van der Waals surface area contributed by atoms with E-state index in [0.717, 1.165) is 0 Å². The highest BCUT2D eigenvalue weighted by molar-refractivity contribution is 6.30. The number of hydrogen-bond donors (Lipinski definition) is 2. The number of carbonyl (C=O) groups is 2. The van der Waals surface area contributed by atoms with Gasteiger partial charge in [-0.05, 0) is 37.6 Å². The number of aliphatic hydroxyl groups excluding tert-OH is 1. The van der Waals surface area contributed by atoms with Gasteiger partial charge in [0.15, 0.2) is 0 Å². The SMILES string of the molecule is CC(CO)N(C)C(=O)CCCNC(=O)c1ccc(Cl)cc1. The highest BCUT2D eigenvalue weighted by atomic mass is 35.5. The van der Waals surface area contributed by atoms with Crippen LogP contribution in [0.25, 0.3) is 0 Å². The van der Waals surface area contributed by atoms with E-state index in [1.807, 2.05) is 0 Å². The van der Waals surface area contributed by atoms with Crippen molar-refractivity contribution < 1.29 is 14.7 Å². The van der Waals surface area contributed by atoms with Gasteiger partial charge in [0, 0.05) is 30.6 Å². The molecule has 1 atom stereocenters. The Balaban J connectivity index is 2.29. The summed E-state index contributed by atoms with van der Waals surface area (Å²) >= 11 is 5.75. The van der Waals surface area contributed by atoms with E-state index < -0.39 is 0 Å². The topological polar surface area (TPSA) is 69.6 Å². The van der Waals surface area contributed by atoms with Crippen LogP contribution in [0.15, 0.2) is 24.3 Å². The Morgan fingerprint density at radius 1 is 1.33 bits per heavy atom. The molecule has 1 aromatic carbocycles. The third-order valence-corrected chi connectivity index (χ3v) is 3.53. The minimum atomic E-state index is -0.193. The van der Waals surface area contributed by atoms with Crippen molar-refractivity contribution in [3.05, 3.63) is 34.9 Å². The van der Waals surface area contributed by atoms with E-state index in [4.69, 9.17) is 16.7 Å². The van der Waals surface area contributed by atoms with E-state index >= 15 is 0 Å². The second-order valence-electron chi connectivity index (χ2n) is 4.90. The van der Waals surface area contributed by atoms with Gasteiger partial charge in [0.25, 0.3) is 5.91 Å². The van der Waals surface area contributed by atoms with Gasteiger partial charge in [0.05, 0.1) is 12.6 Å². The fourth-order valence-electron chi connectivity index (χ4n) is 1.69. The number of benzene rings is 1. The van der Waals surface area contributed by atoms with Crippen LogP contribution in [0.4, 0.5) is 0 Å². The zero-order valence-electron chi connectivity index (χ0n) is 12.3. The number of rotatable bonds is 7. The first kappa shape index (κ1) is 17.5. The van der Waals surface area contributed by atoms with Crippen LogP contribution in [-0.4, -0.2) is 48.1 Å². The number of nitrogens with one attached hydrogen (secondary N) is 1. The monoisotopic (exact) mass is 312 g/mol. The van der Waals surface area contributed by atoms with E-state index in [1.54, 1.807) is 38.2 Å². The lowest BCUT2D eigenvalue weighted by Crippen LogP contribution is -2.37. The molecule has 21 heavy (non-hydrogen) atoms. The lowest BCUT2D eigenvalue weighted by molar-refractivity contribution is -0.132. The molecule has 0 spiro atoms. The van der Waals surface area contributed by atoms with Crippen molar-refractivity contribution in [1.29, 1.82) is 0 Å². The summed E-state index contributed by atoms with van der Waals surface area (Å²) in [6, 6.07) is 6.43. The van der Waals surface area contributed by atoms with Crippen LogP contribution < -0.4 is 5.32 Å². The van der Waals surface area contributed by atoms with E-state index in [0.29, 0.717) is 30.0 Å². The Hall–Kier alpha value is -1.59. The van der Waals surface area contributed by atoms with Crippen LogP contribution in [-0.2, 0) is 4.79 Å². The molecule has 0 saturated heterocycles. The van der Waals surface area contributed by atoms with Crippen LogP contribution in [0.5, 0.6) is 0 Å². The molecular weight excluding hydrogens is 292 g/mol. The van der Waals surface area contributed by atoms with Gasteiger partial charge >= 0.3 is 0 Å². The van der Waals surface area contributed by atoms with Gasteiger partial charge in [0.2, 0.25) is 5.91 Å². The number of likely N-dealkylation sites (N-methyl/N-ethyl adjacent to an activating group) is 1. The summed E-state index contributed by atoms with van der Waals surface area (Å²) in [6.45, 7) is 2.14. The maximum Gasteiger partial charge on any atom is 0.251 e. The van der Waals surface area contributed by atoms with E-state index in [9.17, 15) is 9.59 Å². The molecule has 2 N–H and O–H groups in total. The van der Waals surface area contributed by atoms with Gasteiger partial charge in [-0.25, -0.2) is 0 Å². The molecule has 0 aromatic heterocycles. The summed E-state index contributed by atoms with van der Waals surface area (Å²) in [5.41, 5.74) is 0.539. The van der Waals surface area contributed by atoms with Crippen molar-refractivity contribution >= 4 is 23.4 Å². The Morgan fingerprint density at radius 2 is 1.95 bits per heavy atom. The minimum absolute atomic E-state index is 0.0442. The molecule has 0 radical (unpaired) electrons. The second-order valence-corrected chi connectivity index (χ2v) is 5.34. The third-order valence-electron chi connectivity index (χ3n) is 3.28. The summed E-state index contributed by atoms with van der Waals surface area (Å²) in [6.07, 6.45) is 0.891. The van der Waals surface area contributed by atoms with Gasteiger partial charge in [-0.1, -0.05) is 11.6 Å². The predicted molar refractivity (Wildman–Crippen MR) is 82.3 cm³/mol. The van der Waals surface area contributed by atoms with Crippen LogP contribution in [0.3, 0.4) is 0 Å². The Morgan fingerprint density at radius 3 is 2.52 bits per heavy atom. The predicted octanol–water partition coefficient (Wildman–Crippen LogP) is 1.69. The Labute approximate surface area is 129 Å². The first-order chi connectivity index (χ1) is 9.95. The molecule has 0 heterocycles. The summed E-state index contributed by atoms with van der Waals surface area (Å²) in [5.74, 6) is -0.228. The van der Waals surface area contributed by atoms with Gasteiger partial charge in [0.1, 0.15) is 0 Å². The zero-order chi connectivity index (χ0) is 15.8. The molecule has 0 aliphatic carbocycles. The first-order valence-electron chi connectivity index (χ1n) is 6.86. The minimum Gasteiger partial charge on any atom is -0.394 e. The molecule has 6 heteroatoms. The number of amides is 2. The molecule has 0 fully saturated rings. The highest BCUT2D eigenvalue weighted by Gasteiger charge is 2.14. The van der Waals surface area contributed by atoms with Crippen molar-refractivity contribution in [1.82, 2.24) is 10.2 Å². The van der Waals surface area contributed by atoms with Crippen LogP contribution in [0.1, 0.15) is 30.1 Å². The number of nitrogens with zero attached hydrogens (tertiary/aromatic N) is 1. The van der Waals surface area contributed by atoms with Gasteiger partial charge in [-0.15, -0.1) is 0 Å².